The molecule has 0 fully saturated rings. The number of allylic oxidation sites excluding steroid dienone is 1. The molecule has 0 saturated heterocycles. The normalized spacial score (nSPS) is 30.7. The standard InChI is InChI=1S/C6H10N/c7-6-4-2-1-3-5-6/h2,6H,3-5,7H2. The summed E-state index contributed by atoms with van der Waals surface area (Å²) in [6, 6.07) is 0.418. The van der Waals surface area contributed by atoms with Gasteiger partial charge >= 0.3 is 0 Å². The molecule has 1 heteroatoms. The molecule has 7 heavy (non-hydrogen) atoms. The molecule has 0 heterocycles. The average molecular weight is 96.2 g/mol. The fraction of sp³-hybridized carbons (Fsp3) is 0.667. The van der Waals surface area contributed by atoms with E-state index in [1.807, 2.05) is 6.08 Å². The van der Waals surface area contributed by atoms with Crippen LogP contribution < -0.4 is 5.73 Å². The van der Waals surface area contributed by atoms with Crippen molar-refractivity contribution in [3.63, 3.8) is 0 Å². The Morgan fingerprint density at radius 3 is 2.86 bits per heavy atom. The average Bonchev–Trinajstić information content (AvgIpc) is 1.69. The second kappa shape index (κ2) is 2.12. The quantitative estimate of drug-likeness (QED) is 0.475. The Labute approximate surface area is 44.2 Å². The van der Waals surface area contributed by atoms with Gasteiger partial charge in [0.1, 0.15) is 0 Å². The monoisotopic (exact) mass is 96.1 g/mol. The summed E-state index contributed by atoms with van der Waals surface area (Å²) in [5.74, 6) is 0. The van der Waals surface area contributed by atoms with Gasteiger partial charge in [-0.15, -0.1) is 0 Å². The third kappa shape index (κ3) is 1.32. The van der Waals surface area contributed by atoms with E-state index < -0.39 is 0 Å². The van der Waals surface area contributed by atoms with Crippen LogP contribution in [0.2, 0.25) is 0 Å². The predicted octanol–water partition coefficient (Wildman–Crippen LogP) is 0.857. The van der Waals surface area contributed by atoms with Crippen LogP contribution in [0.3, 0.4) is 0 Å². The second-order valence-corrected chi connectivity index (χ2v) is 1.94. The summed E-state index contributed by atoms with van der Waals surface area (Å²) in [4.78, 5) is 0. The van der Waals surface area contributed by atoms with Gasteiger partial charge in [0.2, 0.25) is 0 Å². The van der Waals surface area contributed by atoms with Crippen LogP contribution in [0.25, 0.3) is 0 Å². The van der Waals surface area contributed by atoms with Gasteiger partial charge in [0.05, 0.1) is 0 Å². The third-order valence-corrected chi connectivity index (χ3v) is 1.22. The topological polar surface area (TPSA) is 26.0 Å². The summed E-state index contributed by atoms with van der Waals surface area (Å²) in [6.45, 7) is 0. The van der Waals surface area contributed by atoms with Gasteiger partial charge in [0.15, 0.2) is 0 Å². The van der Waals surface area contributed by atoms with Gasteiger partial charge in [0.25, 0.3) is 0 Å². The van der Waals surface area contributed by atoms with Crippen molar-refractivity contribution >= 4 is 0 Å². The van der Waals surface area contributed by atoms with Gasteiger partial charge in [-0.3, -0.25) is 0 Å². The lowest BCUT2D eigenvalue weighted by Crippen LogP contribution is -2.20. The Morgan fingerprint density at radius 1 is 1.71 bits per heavy atom. The minimum atomic E-state index is 0.418. The van der Waals surface area contributed by atoms with Gasteiger partial charge in [-0.05, 0) is 25.3 Å². The Hall–Kier alpha value is -0.300. The molecule has 1 aliphatic rings. The molecule has 1 aliphatic carbocycles. The van der Waals surface area contributed by atoms with Crippen molar-refractivity contribution in [2.75, 3.05) is 0 Å². The maximum absolute atomic E-state index is 5.56. The highest BCUT2D eigenvalue weighted by molar-refractivity contribution is 4.85. The van der Waals surface area contributed by atoms with Crippen molar-refractivity contribution in [2.24, 2.45) is 5.73 Å². The zero-order valence-electron chi connectivity index (χ0n) is 4.35. The molecule has 2 N–H and O–H groups in total. The maximum atomic E-state index is 5.56. The maximum Gasteiger partial charge on any atom is 0.00767 e. The van der Waals surface area contributed by atoms with Gasteiger partial charge in [-0.25, -0.2) is 0 Å². The van der Waals surface area contributed by atoms with Crippen molar-refractivity contribution in [3.05, 3.63) is 12.2 Å². The fourth-order valence-electron chi connectivity index (χ4n) is 0.723. The smallest absolute Gasteiger partial charge is 0.00767 e. The van der Waals surface area contributed by atoms with Crippen LogP contribution in [0.5, 0.6) is 0 Å². The Kier molecular flexibility index (Phi) is 1.47. The molecular formula is C6H10N. The van der Waals surface area contributed by atoms with E-state index in [0.29, 0.717) is 6.04 Å². The molecule has 0 aromatic rings. The van der Waals surface area contributed by atoms with Gasteiger partial charge in [0, 0.05) is 6.04 Å². The summed E-state index contributed by atoms with van der Waals surface area (Å²) >= 11 is 0. The molecule has 1 nitrogen and oxygen atoms in total. The molecule has 1 rings (SSSR count). The largest absolute Gasteiger partial charge is 0.327 e. The zero-order valence-corrected chi connectivity index (χ0v) is 4.35. The first-order valence-corrected chi connectivity index (χ1v) is 2.70. The van der Waals surface area contributed by atoms with Crippen LogP contribution in [0.1, 0.15) is 19.3 Å². The lowest BCUT2D eigenvalue weighted by atomic mass is 10.0. The highest BCUT2D eigenvalue weighted by Crippen LogP contribution is 2.05. The number of rotatable bonds is 0. The van der Waals surface area contributed by atoms with E-state index in [0.717, 1.165) is 19.3 Å². The predicted molar refractivity (Wildman–Crippen MR) is 29.6 cm³/mol. The van der Waals surface area contributed by atoms with Crippen LogP contribution >= 0.6 is 0 Å². The minimum absolute atomic E-state index is 0.418. The van der Waals surface area contributed by atoms with Crippen LogP contribution in [-0.2, 0) is 0 Å². The Balaban J connectivity index is 2.32. The highest BCUT2D eigenvalue weighted by Gasteiger charge is 2.01. The molecule has 39 valence electrons. The van der Waals surface area contributed by atoms with E-state index in [-0.39, 0.29) is 0 Å². The molecule has 0 spiro atoms. The van der Waals surface area contributed by atoms with E-state index in [1.165, 1.54) is 0 Å². The molecule has 0 aliphatic heterocycles. The number of hydrogen-bond acceptors (Lipinski definition) is 1. The van der Waals surface area contributed by atoms with Crippen LogP contribution in [0, 0.1) is 6.08 Å². The Bertz CT molecular complexity index is 76.2. The van der Waals surface area contributed by atoms with Crippen LogP contribution in [0.4, 0.5) is 0 Å². The van der Waals surface area contributed by atoms with Crippen molar-refractivity contribution < 1.29 is 0 Å². The first-order chi connectivity index (χ1) is 3.39. The molecule has 1 radical (unpaired) electrons. The lowest BCUT2D eigenvalue weighted by Gasteiger charge is -2.09. The third-order valence-electron chi connectivity index (χ3n) is 1.22. The first kappa shape index (κ1) is 4.85. The van der Waals surface area contributed by atoms with E-state index in [1.54, 1.807) is 0 Å². The molecular weight excluding hydrogens is 86.1 g/mol. The number of nitrogens with two attached hydrogens (primary N) is 1. The van der Waals surface area contributed by atoms with E-state index in [9.17, 15) is 0 Å². The molecule has 0 aromatic heterocycles. The summed E-state index contributed by atoms with van der Waals surface area (Å²) in [6.07, 6.45) is 8.35. The second-order valence-electron chi connectivity index (χ2n) is 1.94. The number of hydrogen-bond donors (Lipinski definition) is 1. The first-order valence-electron chi connectivity index (χ1n) is 2.70. The summed E-state index contributed by atoms with van der Waals surface area (Å²) < 4.78 is 0. The van der Waals surface area contributed by atoms with E-state index in [4.69, 9.17) is 5.73 Å². The van der Waals surface area contributed by atoms with E-state index >= 15 is 0 Å². The van der Waals surface area contributed by atoms with Gasteiger partial charge < -0.3 is 5.73 Å². The Morgan fingerprint density at radius 2 is 2.57 bits per heavy atom. The highest BCUT2D eigenvalue weighted by atomic mass is 14.6. The molecule has 1 unspecified atom stereocenters. The van der Waals surface area contributed by atoms with Crippen molar-refractivity contribution in [1.82, 2.24) is 0 Å². The SMILES string of the molecule is NC1CC=[C]CC1. The zero-order chi connectivity index (χ0) is 5.11. The summed E-state index contributed by atoms with van der Waals surface area (Å²) in [7, 11) is 0. The van der Waals surface area contributed by atoms with Crippen molar-refractivity contribution in [3.8, 4) is 0 Å². The summed E-state index contributed by atoms with van der Waals surface area (Å²) in [5, 5.41) is 0. The molecule has 1 atom stereocenters. The fourth-order valence-corrected chi connectivity index (χ4v) is 0.723. The molecule has 0 aromatic carbocycles. The van der Waals surface area contributed by atoms with Crippen LogP contribution in [0.15, 0.2) is 6.08 Å². The molecule has 0 amide bonds. The van der Waals surface area contributed by atoms with E-state index in [2.05, 4.69) is 6.08 Å². The van der Waals surface area contributed by atoms with Gasteiger partial charge in [-0.2, -0.15) is 0 Å². The molecule has 0 bridgehead atoms. The molecule has 0 saturated carbocycles. The summed E-state index contributed by atoms with van der Waals surface area (Å²) in [5.41, 5.74) is 5.56. The van der Waals surface area contributed by atoms with Gasteiger partial charge in [-0.1, -0.05) is 6.08 Å². The van der Waals surface area contributed by atoms with Crippen molar-refractivity contribution in [1.29, 1.82) is 0 Å². The van der Waals surface area contributed by atoms with Crippen molar-refractivity contribution in [2.45, 2.75) is 25.3 Å². The minimum Gasteiger partial charge on any atom is -0.327 e. The lowest BCUT2D eigenvalue weighted by molar-refractivity contribution is 0.599. The van der Waals surface area contributed by atoms with Crippen LogP contribution in [-0.4, -0.2) is 6.04 Å².